The average molecular weight is 280 g/mol. The molecular formula is C13H23F3N2O. The summed E-state index contributed by atoms with van der Waals surface area (Å²) in [6.07, 6.45) is 0.665. The fourth-order valence-electron chi connectivity index (χ4n) is 2.98. The number of likely N-dealkylation sites (tertiary alicyclic amines) is 1. The minimum Gasteiger partial charge on any atom is -0.396 e. The predicted octanol–water partition coefficient (Wildman–Crippen LogP) is 1.76. The summed E-state index contributed by atoms with van der Waals surface area (Å²) in [7, 11) is 0. The summed E-state index contributed by atoms with van der Waals surface area (Å²) >= 11 is 0. The van der Waals surface area contributed by atoms with Gasteiger partial charge in [0.15, 0.2) is 0 Å². The summed E-state index contributed by atoms with van der Waals surface area (Å²) in [4.78, 5) is 2.33. The quantitative estimate of drug-likeness (QED) is 0.778. The van der Waals surface area contributed by atoms with E-state index in [9.17, 15) is 13.2 Å². The molecule has 1 aliphatic carbocycles. The van der Waals surface area contributed by atoms with E-state index in [0.717, 1.165) is 32.4 Å². The Kier molecular flexibility index (Phi) is 5.09. The first kappa shape index (κ1) is 15.1. The lowest BCUT2D eigenvalue weighted by atomic mass is 9.90. The lowest BCUT2D eigenvalue weighted by molar-refractivity contribution is -0.127. The third-order valence-corrected chi connectivity index (χ3v) is 3.99. The van der Waals surface area contributed by atoms with Gasteiger partial charge in [-0.3, -0.25) is 4.90 Å². The molecule has 2 unspecified atom stereocenters. The van der Waals surface area contributed by atoms with Crippen LogP contribution in [0.3, 0.4) is 0 Å². The highest BCUT2D eigenvalue weighted by Gasteiger charge is 2.37. The van der Waals surface area contributed by atoms with Gasteiger partial charge in [-0.15, -0.1) is 0 Å². The number of aliphatic hydroxyl groups excluding tert-OH is 1. The molecular weight excluding hydrogens is 257 g/mol. The first-order chi connectivity index (χ1) is 8.98. The van der Waals surface area contributed by atoms with Crippen LogP contribution >= 0.6 is 0 Å². The Morgan fingerprint density at radius 2 is 1.95 bits per heavy atom. The summed E-state index contributed by atoms with van der Waals surface area (Å²) in [5, 5.41) is 11.5. The van der Waals surface area contributed by atoms with E-state index in [1.807, 2.05) is 0 Å². The van der Waals surface area contributed by atoms with Crippen LogP contribution in [0.2, 0.25) is 0 Å². The van der Waals surface area contributed by atoms with Crippen LogP contribution in [0.25, 0.3) is 0 Å². The SMILES string of the molecule is OCCCC1CC(NCC(F)(F)F)CN(C2CC2)C1. The average Bonchev–Trinajstić information content (AvgIpc) is 3.17. The molecule has 1 aliphatic heterocycles. The van der Waals surface area contributed by atoms with Gasteiger partial charge in [0.2, 0.25) is 0 Å². The van der Waals surface area contributed by atoms with Gasteiger partial charge in [-0.1, -0.05) is 0 Å². The number of hydrogen-bond donors (Lipinski definition) is 2. The van der Waals surface area contributed by atoms with Gasteiger partial charge in [0.05, 0.1) is 6.54 Å². The molecule has 2 rings (SSSR count). The van der Waals surface area contributed by atoms with E-state index in [1.54, 1.807) is 0 Å². The van der Waals surface area contributed by atoms with Crippen molar-refractivity contribution in [3.05, 3.63) is 0 Å². The Morgan fingerprint density at radius 3 is 2.53 bits per heavy atom. The van der Waals surface area contributed by atoms with Crippen LogP contribution in [0, 0.1) is 5.92 Å². The molecule has 0 aromatic carbocycles. The number of hydrogen-bond acceptors (Lipinski definition) is 3. The molecule has 0 aromatic rings. The molecule has 2 atom stereocenters. The predicted molar refractivity (Wildman–Crippen MR) is 66.9 cm³/mol. The van der Waals surface area contributed by atoms with Gasteiger partial charge >= 0.3 is 6.18 Å². The second kappa shape index (κ2) is 6.41. The molecule has 1 saturated heterocycles. The van der Waals surface area contributed by atoms with E-state index >= 15 is 0 Å². The molecule has 0 spiro atoms. The van der Waals surface area contributed by atoms with Crippen molar-refractivity contribution in [2.45, 2.75) is 50.4 Å². The molecule has 1 heterocycles. The molecule has 19 heavy (non-hydrogen) atoms. The number of piperidine rings is 1. The minimum atomic E-state index is -4.14. The van der Waals surface area contributed by atoms with Crippen molar-refractivity contribution in [1.82, 2.24) is 10.2 Å². The Hall–Kier alpha value is -0.330. The normalized spacial score (nSPS) is 29.7. The molecule has 2 N–H and O–H groups in total. The molecule has 1 saturated carbocycles. The van der Waals surface area contributed by atoms with Gasteiger partial charge in [0.25, 0.3) is 0 Å². The number of rotatable bonds is 6. The molecule has 0 amide bonds. The standard InChI is InChI=1S/C13H23F3N2O/c14-13(15,16)9-17-11-6-10(2-1-5-19)7-18(8-11)12-3-4-12/h10-12,17,19H,1-9H2. The molecule has 0 aromatic heterocycles. The van der Waals surface area contributed by atoms with E-state index in [-0.39, 0.29) is 12.6 Å². The number of halogens is 3. The van der Waals surface area contributed by atoms with Gasteiger partial charge in [-0.2, -0.15) is 13.2 Å². The van der Waals surface area contributed by atoms with Crippen molar-refractivity contribution < 1.29 is 18.3 Å². The fraction of sp³-hybridized carbons (Fsp3) is 1.00. The molecule has 112 valence electrons. The van der Waals surface area contributed by atoms with Gasteiger partial charge in [-0.05, 0) is 38.0 Å². The Bertz CT molecular complexity index is 282. The first-order valence-corrected chi connectivity index (χ1v) is 7.13. The van der Waals surface area contributed by atoms with Crippen LogP contribution in [-0.2, 0) is 0 Å². The Balaban J connectivity index is 1.82. The van der Waals surface area contributed by atoms with Crippen LogP contribution in [0.5, 0.6) is 0 Å². The molecule has 6 heteroatoms. The largest absolute Gasteiger partial charge is 0.401 e. The lowest BCUT2D eigenvalue weighted by Gasteiger charge is -2.38. The van der Waals surface area contributed by atoms with Crippen molar-refractivity contribution in [3.8, 4) is 0 Å². The topological polar surface area (TPSA) is 35.5 Å². The highest BCUT2D eigenvalue weighted by atomic mass is 19.4. The van der Waals surface area contributed by atoms with Crippen molar-refractivity contribution in [2.24, 2.45) is 5.92 Å². The zero-order valence-electron chi connectivity index (χ0n) is 11.1. The van der Waals surface area contributed by atoms with E-state index in [1.165, 1.54) is 12.8 Å². The smallest absolute Gasteiger partial charge is 0.396 e. The van der Waals surface area contributed by atoms with Gasteiger partial charge < -0.3 is 10.4 Å². The summed E-state index contributed by atoms with van der Waals surface area (Å²) in [5.41, 5.74) is 0. The summed E-state index contributed by atoms with van der Waals surface area (Å²) < 4.78 is 36.8. The maximum atomic E-state index is 12.3. The van der Waals surface area contributed by atoms with Crippen molar-refractivity contribution in [2.75, 3.05) is 26.2 Å². The summed E-state index contributed by atoms with van der Waals surface area (Å²) in [6, 6.07) is 0.520. The highest BCUT2D eigenvalue weighted by molar-refractivity contribution is 4.92. The van der Waals surface area contributed by atoms with E-state index in [2.05, 4.69) is 10.2 Å². The van der Waals surface area contributed by atoms with E-state index < -0.39 is 12.7 Å². The van der Waals surface area contributed by atoms with Gasteiger partial charge in [0.1, 0.15) is 0 Å². The maximum absolute atomic E-state index is 12.3. The summed E-state index contributed by atoms with van der Waals surface area (Å²) in [5.74, 6) is 0.409. The second-order valence-corrected chi connectivity index (χ2v) is 5.85. The minimum absolute atomic E-state index is 0.0698. The van der Waals surface area contributed by atoms with Crippen molar-refractivity contribution in [1.29, 1.82) is 0 Å². The molecule has 3 nitrogen and oxygen atoms in total. The number of nitrogens with one attached hydrogen (secondary N) is 1. The maximum Gasteiger partial charge on any atom is 0.401 e. The van der Waals surface area contributed by atoms with Crippen molar-refractivity contribution in [3.63, 3.8) is 0 Å². The molecule has 2 aliphatic rings. The van der Waals surface area contributed by atoms with Gasteiger partial charge in [-0.25, -0.2) is 0 Å². The third-order valence-electron chi connectivity index (χ3n) is 3.99. The summed E-state index contributed by atoms with van der Waals surface area (Å²) in [6.45, 7) is 0.981. The second-order valence-electron chi connectivity index (χ2n) is 5.85. The van der Waals surface area contributed by atoms with E-state index in [0.29, 0.717) is 12.0 Å². The van der Waals surface area contributed by atoms with Crippen LogP contribution in [0.1, 0.15) is 32.1 Å². The highest BCUT2D eigenvalue weighted by Crippen LogP contribution is 2.32. The van der Waals surface area contributed by atoms with Crippen molar-refractivity contribution >= 4 is 0 Å². The number of nitrogens with zero attached hydrogens (tertiary/aromatic N) is 1. The molecule has 2 fully saturated rings. The zero-order chi connectivity index (χ0) is 13.9. The molecule has 0 bridgehead atoms. The Labute approximate surface area is 112 Å². The lowest BCUT2D eigenvalue weighted by Crippen LogP contribution is -2.51. The third kappa shape index (κ3) is 5.28. The first-order valence-electron chi connectivity index (χ1n) is 7.13. The van der Waals surface area contributed by atoms with Crippen LogP contribution < -0.4 is 5.32 Å². The zero-order valence-corrected chi connectivity index (χ0v) is 11.1. The van der Waals surface area contributed by atoms with Gasteiger partial charge in [0, 0.05) is 31.8 Å². The Morgan fingerprint density at radius 1 is 1.21 bits per heavy atom. The van der Waals surface area contributed by atoms with E-state index in [4.69, 9.17) is 5.11 Å². The monoisotopic (exact) mass is 280 g/mol. The van der Waals surface area contributed by atoms with Crippen LogP contribution in [-0.4, -0.2) is 54.5 Å². The van der Waals surface area contributed by atoms with Crippen LogP contribution in [0.4, 0.5) is 13.2 Å². The number of aliphatic hydroxyl groups is 1. The number of alkyl halides is 3. The fourth-order valence-corrected chi connectivity index (χ4v) is 2.98. The van der Waals surface area contributed by atoms with Crippen LogP contribution in [0.15, 0.2) is 0 Å². The molecule has 0 radical (unpaired) electrons.